The van der Waals surface area contributed by atoms with Gasteiger partial charge in [0.1, 0.15) is 0 Å². The Morgan fingerprint density at radius 1 is 1.08 bits per heavy atom. The van der Waals surface area contributed by atoms with Crippen LogP contribution >= 0.6 is 0 Å². The van der Waals surface area contributed by atoms with Crippen molar-refractivity contribution in [3.05, 3.63) is 20.2 Å². The molecule has 74 valence electrons. The second kappa shape index (κ2) is 3.85. The molecule has 0 aliphatic carbocycles. The van der Waals surface area contributed by atoms with Gasteiger partial charge in [0.2, 0.25) is 0 Å². The smallest absolute Gasteiger partial charge is 0.294 e. The first kappa shape index (κ1) is 9.45. The highest BCUT2D eigenvalue weighted by molar-refractivity contribution is 4.73. The van der Waals surface area contributed by atoms with Crippen molar-refractivity contribution in [2.24, 2.45) is 0 Å². The molecule has 0 bridgehead atoms. The van der Waals surface area contributed by atoms with E-state index in [1.807, 2.05) is 0 Å². The van der Waals surface area contributed by atoms with Gasteiger partial charge in [-0.1, -0.05) is 0 Å². The number of rotatable bonds is 4. The molecule has 0 amide bonds. The second-order valence-electron chi connectivity index (χ2n) is 2.27. The molecule has 0 aromatic rings. The number of nitrogens with zero attached hydrogens (tertiary/aromatic N) is 2. The Hall–Kier alpha value is -1.64. The molecule has 0 N–H and O–H groups in total. The lowest BCUT2D eigenvalue weighted by molar-refractivity contribution is -0.796. The van der Waals surface area contributed by atoms with E-state index in [4.69, 9.17) is 4.74 Å². The SMILES string of the molecule is O=[N+]([O-])O[C@H]1COC[C@H]1O[N+](=O)[O-]. The number of hydrogen-bond donors (Lipinski definition) is 0. The molecular formula is C4H6N2O7. The monoisotopic (exact) mass is 194 g/mol. The number of ether oxygens (including phenoxy) is 1. The van der Waals surface area contributed by atoms with E-state index in [-0.39, 0.29) is 13.2 Å². The maximum absolute atomic E-state index is 9.89. The largest absolute Gasteiger partial charge is 0.377 e. The van der Waals surface area contributed by atoms with Gasteiger partial charge in [-0.15, -0.1) is 20.2 Å². The molecule has 2 atom stereocenters. The first-order valence-electron chi connectivity index (χ1n) is 3.29. The van der Waals surface area contributed by atoms with Gasteiger partial charge in [-0.05, 0) is 0 Å². The Morgan fingerprint density at radius 3 is 1.77 bits per heavy atom. The lowest BCUT2D eigenvalue weighted by atomic mass is 10.3. The fraction of sp³-hybridized carbons (Fsp3) is 1.00. The maximum Gasteiger partial charge on any atom is 0.294 e. The fourth-order valence-electron chi connectivity index (χ4n) is 0.933. The summed E-state index contributed by atoms with van der Waals surface area (Å²) in [4.78, 5) is 28.0. The van der Waals surface area contributed by atoms with Gasteiger partial charge in [0.15, 0.2) is 12.2 Å². The third-order valence-electron chi connectivity index (χ3n) is 1.42. The lowest BCUT2D eigenvalue weighted by Gasteiger charge is -2.12. The van der Waals surface area contributed by atoms with Gasteiger partial charge < -0.3 is 14.4 Å². The Kier molecular flexibility index (Phi) is 2.80. The maximum atomic E-state index is 9.89. The van der Waals surface area contributed by atoms with Crippen LogP contribution in [-0.4, -0.2) is 35.6 Å². The molecule has 0 radical (unpaired) electrons. The van der Waals surface area contributed by atoms with Crippen LogP contribution in [-0.2, 0) is 14.4 Å². The molecule has 0 saturated carbocycles. The van der Waals surface area contributed by atoms with Crippen LogP contribution in [0.5, 0.6) is 0 Å². The molecule has 13 heavy (non-hydrogen) atoms. The van der Waals surface area contributed by atoms with E-state index in [2.05, 4.69) is 9.68 Å². The quantitative estimate of drug-likeness (QED) is 0.423. The van der Waals surface area contributed by atoms with Crippen LogP contribution in [0.4, 0.5) is 0 Å². The van der Waals surface area contributed by atoms with E-state index in [9.17, 15) is 20.2 Å². The highest BCUT2D eigenvalue weighted by atomic mass is 17.0. The van der Waals surface area contributed by atoms with Crippen LogP contribution in [0, 0.1) is 20.2 Å². The van der Waals surface area contributed by atoms with E-state index in [1.54, 1.807) is 0 Å². The van der Waals surface area contributed by atoms with Gasteiger partial charge >= 0.3 is 0 Å². The predicted octanol–water partition coefficient (Wildman–Crippen LogP) is -0.830. The molecule has 1 rings (SSSR count). The first-order valence-corrected chi connectivity index (χ1v) is 3.29. The molecule has 9 heteroatoms. The molecule has 1 aliphatic heterocycles. The average molecular weight is 194 g/mol. The molecule has 0 spiro atoms. The summed E-state index contributed by atoms with van der Waals surface area (Å²) in [6.45, 7) is -0.168. The first-order chi connectivity index (χ1) is 6.09. The summed E-state index contributed by atoms with van der Waals surface area (Å²) < 4.78 is 4.71. The van der Waals surface area contributed by atoms with E-state index in [0.29, 0.717) is 0 Å². The Bertz CT molecular complexity index is 197. The van der Waals surface area contributed by atoms with Gasteiger partial charge in [0.05, 0.1) is 13.2 Å². The predicted molar refractivity (Wildman–Crippen MR) is 34.6 cm³/mol. The van der Waals surface area contributed by atoms with Crippen molar-refractivity contribution in [2.75, 3.05) is 13.2 Å². The van der Waals surface area contributed by atoms with E-state index < -0.39 is 22.4 Å². The minimum absolute atomic E-state index is 0.0838. The Morgan fingerprint density at radius 2 is 1.46 bits per heavy atom. The van der Waals surface area contributed by atoms with Crippen LogP contribution in [0.25, 0.3) is 0 Å². The van der Waals surface area contributed by atoms with E-state index in [1.165, 1.54) is 0 Å². The lowest BCUT2D eigenvalue weighted by Crippen LogP contribution is -2.33. The zero-order valence-corrected chi connectivity index (χ0v) is 6.32. The number of hydrogen-bond acceptors (Lipinski definition) is 7. The summed E-state index contributed by atoms with van der Waals surface area (Å²) in [5.74, 6) is 0. The van der Waals surface area contributed by atoms with Crippen molar-refractivity contribution in [2.45, 2.75) is 12.2 Å². The van der Waals surface area contributed by atoms with Gasteiger partial charge in [-0.25, -0.2) is 0 Å². The van der Waals surface area contributed by atoms with Crippen LogP contribution in [0.2, 0.25) is 0 Å². The van der Waals surface area contributed by atoms with E-state index >= 15 is 0 Å². The second-order valence-corrected chi connectivity index (χ2v) is 2.27. The van der Waals surface area contributed by atoms with Crippen molar-refractivity contribution >= 4 is 0 Å². The van der Waals surface area contributed by atoms with Crippen LogP contribution < -0.4 is 0 Å². The molecule has 1 heterocycles. The normalized spacial score (nSPS) is 26.8. The average Bonchev–Trinajstić information content (AvgIpc) is 2.34. The van der Waals surface area contributed by atoms with Gasteiger partial charge in [0, 0.05) is 0 Å². The summed E-state index contributed by atoms with van der Waals surface area (Å²) in [5, 5.41) is 17.7. The Balaban J connectivity index is 2.43. The summed E-state index contributed by atoms with van der Waals surface area (Å²) in [6, 6.07) is 0. The third kappa shape index (κ3) is 2.71. The minimum Gasteiger partial charge on any atom is -0.377 e. The summed E-state index contributed by atoms with van der Waals surface area (Å²) >= 11 is 0. The van der Waals surface area contributed by atoms with Crippen molar-refractivity contribution in [3.63, 3.8) is 0 Å². The molecule has 0 unspecified atom stereocenters. The highest BCUT2D eigenvalue weighted by Gasteiger charge is 2.34. The minimum atomic E-state index is -1.03. The summed E-state index contributed by atoms with van der Waals surface area (Å²) in [5.41, 5.74) is 0. The molecule has 1 saturated heterocycles. The molecular weight excluding hydrogens is 188 g/mol. The summed E-state index contributed by atoms with van der Waals surface area (Å²) in [7, 11) is 0. The Labute approximate surface area is 71.4 Å². The fourth-order valence-corrected chi connectivity index (χ4v) is 0.933. The standard InChI is InChI=1S/C4H6N2O7/c7-5(8)12-3-1-11-2-4(3)13-6(9)10/h3-4H,1-2H2/t3-,4+. The van der Waals surface area contributed by atoms with Crippen molar-refractivity contribution in [1.82, 2.24) is 0 Å². The van der Waals surface area contributed by atoms with Crippen LogP contribution in [0.1, 0.15) is 0 Å². The zero-order valence-electron chi connectivity index (χ0n) is 6.32. The molecule has 1 aliphatic rings. The van der Waals surface area contributed by atoms with Crippen molar-refractivity contribution in [3.8, 4) is 0 Å². The highest BCUT2D eigenvalue weighted by Crippen LogP contribution is 2.13. The zero-order chi connectivity index (χ0) is 9.84. The van der Waals surface area contributed by atoms with Crippen LogP contribution in [0.3, 0.4) is 0 Å². The molecule has 9 nitrogen and oxygen atoms in total. The van der Waals surface area contributed by atoms with E-state index in [0.717, 1.165) is 0 Å². The van der Waals surface area contributed by atoms with Crippen molar-refractivity contribution < 1.29 is 24.6 Å². The van der Waals surface area contributed by atoms with Crippen LogP contribution in [0.15, 0.2) is 0 Å². The van der Waals surface area contributed by atoms with Gasteiger partial charge in [-0.2, -0.15) is 0 Å². The summed E-state index contributed by atoms with van der Waals surface area (Å²) in [6.07, 6.45) is -2.05. The van der Waals surface area contributed by atoms with Crippen molar-refractivity contribution in [1.29, 1.82) is 0 Å². The van der Waals surface area contributed by atoms with Gasteiger partial charge in [-0.3, -0.25) is 0 Å². The molecule has 0 aromatic heterocycles. The molecule has 0 aromatic carbocycles. The van der Waals surface area contributed by atoms with Gasteiger partial charge in [0.25, 0.3) is 10.2 Å². The third-order valence-corrected chi connectivity index (χ3v) is 1.42. The topological polar surface area (TPSA) is 114 Å². The molecule has 1 fully saturated rings.